The van der Waals surface area contributed by atoms with Crippen LogP contribution in [-0.4, -0.2) is 38.1 Å². The van der Waals surface area contributed by atoms with Crippen molar-refractivity contribution in [1.82, 2.24) is 14.4 Å². The Bertz CT molecular complexity index is 721. The fourth-order valence-electron chi connectivity index (χ4n) is 2.95. The number of nitrogens with zero attached hydrogens (tertiary/aromatic N) is 3. The number of fused-ring (bicyclic) bond motifs is 2. The fraction of sp³-hybridized carbons (Fsp3) is 0.538. The number of halogens is 2. The van der Waals surface area contributed by atoms with Crippen molar-refractivity contribution in [2.75, 3.05) is 5.75 Å². The van der Waals surface area contributed by atoms with Gasteiger partial charge in [-0.1, -0.05) is 23.2 Å². The third-order valence-corrected chi connectivity index (χ3v) is 5.53. The van der Waals surface area contributed by atoms with E-state index in [1.807, 2.05) is 24.4 Å². The van der Waals surface area contributed by atoms with Gasteiger partial charge in [0.1, 0.15) is 11.3 Å². The summed E-state index contributed by atoms with van der Waals surface area (Å²) in [5, 5.41) is 0.786. The largest absolute Gasteiger partial charge is 0.344 e. The molecule has 0 saturated carbocycles. The summed E-state index contributed by atoms with van der Waals surface area (Å²) in [6.07, 6.45) is 3.66. The van der Waals surface area contributed by atoms with Crippen LogP contribution in [0, 0.1) is 0 Å². The quantitative estimate of drug-likeness (QED) is 0.793. The minimum atomic E-state index is -0.536. The second-order valence-electron chi connectivity index (χ2n) is 5.62. The van der Waals surface area contributed by atoms with Gasteiger partial charge >= 0.3 is 0 Å². The first-order valence-electron chi connectivity index (χ1n) is 6.61. The standard InChI is InChI=1S/C13H13Cl2N3O2S/c1-13(2)19-7-5-21-10(9(7)20-13)6-3-16-12-11(15)17-8(14)4-18(6)12/h3-4,7,9-10H,5H2,1-2H3/t7-,9-,10+/m1/s1. The van der Waals surface area contributed by atoms with Crippen molar-refractivity contribution >= 4 is 40.6 Å². The van der Waals surface area contributed by atoms with Gasteiger partial charge in [-0.25, -0.2) is 9.97 Å². The highest BCUT2D eigenvalue weighted by Crippen LogP contribution is 2.49. The smallest absolute Gasteiger partial charge is 0.175 e. The third-order valence-electron chi connectivity index (χ3n) is 3.70. The van der Waals surface area contributed by atoms with Gasteiger partial charge in [-0.05, 0) is 13.8 Å². The van der Waals surface area contributed by atoms with Crippen LogP contribution in [0.3, 0.4) is 0 Å². The first-order chi connectivity index (χ1) is 9.94. The highest BCUT2D eigenvalue weighted by Gasteiger charge is 2.50. The van der Waals surface area contributed by atoms with Crippen molar-refractivity contribution in [1.29, 1.82) is 0 Å². The molecule has 21 heavy (non-hydrogen) atoms. The molecule has 112 valence electrons. The number of thioether (sulfide) groups is 1. The maximum absolute atomic E-state index is 6.10. The molecule has 0 N–H and O–H groups in total. The molecule has 0 radical (unpaired) electrons. The molecule has 2 saturated heterocycles. The van der Waals surface area contributed by atoms with Crippen LogP contribution < -0.4 is 0 Å². The summed E-state index contributed by atoms with van der Waals surface area (Å²) in [7, 11) is 0. The van der Waals surface area contributed by atoms with E-state index in [4.69, 9.17) is 32.7 Å². The number of hydrogen-bond donors (Lipinski definition) is 0. The molecule has 2 aliphatic heterocycles. The zero-order valence-corrected chi connectivity index (χ0v) is 13.7. The Balaban J connectivity index is 1.77. The summed E-state index contributed by atoms with van der Waals surface area (Å²) in [4.78, 5) is 8.37. The average molecular weight is 346 g/mol. The van der Waals surface area contributed by atoms with E-state index in [1.54, 1.807) is 18.0 Å². The van der Waals surface area contributed by atoms with Gasteiger partial charge in [-0.2, -0.15) is 0 Å². The summed E-state index contributed by atoms with van der Waals surface area (Å²) in [5.74, 6) is 0.366. The first-order valence-corrected chi connectivity index (χ1v) is 8.41. The molecule has 0 aromatic carbocycles. The Hall–Kier alpha value is -0.530. The minimum Gasteiger partial charge on any atom is -0.344 e. The lowest BCUT2D eigenvalue weighted by Gasteiger charge is -2.21. The zero-order valence-electron chi connectivity index (χ0n) is 11.4. The Morgan fingerprint density at radius 3 is 3.00 bits per heavy atom. The van der Waals surface area contributed by atoms with Crippen LogP contribution >= 0.6 is 35.0 Å². The van der Waals surface area contributed by atoms with E-state index in [1.165, 1.54) is 0 Å². The lowest BCUT2D eigenvalue weighted by atomic mass is 10.1. The molecule has 2 fully saturated rings. The molecule has 4 heterocycles. The number of imidazole rings is 1. The van der Waals surface area contributed by atoms with Gasteiger partial charge < -0.3 is 9.47 Å². The maximum Gasteiger partial charge on any atom is 0.175 e. The highest BCUT2D eigenvalue weighted by atomic mass is 35.5. The summed E-state index contributed by atoms with van der Waals surface area (Å²) in [5.41, 5.74) is 1.62. The molecule has 2 aliphatic rings. The molecule has 3 atom stereocenters. The van der Waals surface area contributed by atoms with Gasteiger partial charge in [-0.15, -0.1) is 11.8 Å². The lowest BCUT2D eigenvalue weighted by molar-refractivity contribution is -0.145. The van der Waals surface area contributed by atoms with Crippen LogP contribution in [0.5, 0.6) is 0 Å². The highest BCUT2D eigenvalue weighted by molar-refractivity contribution is 7.99. The molecule has 0 unspecified atom stereocenters. The van der Waals surface area contributed by atoms with Crippen LogP contribution in [0.25, 0.3) is 5.65 Å². The second-order valence-corrected chi connectivity index (χ2v) is 7.54. The summed E-state index contributed by atoms with van der Waals surface area (Å²) in [6, 6.07) is 0. The zero-order chi connectivity index (χ0) is 14.8. The molecular weight excluding hydrogens is 333 g/mol. The van der Waals surface area contributed by atoms with Crippen LogP contribution in [-0.2, 0) is 9.47 Å². The normalized spacial score (nSPS) is 31.0. The van der Waals surface area contributed by atoms with Crippen LogP contribution in [0.1, 0.15) is 24.8 Å². The van der Waals surface area contributed by atoms with Crippen molar-refractivity contribution in [2.45, 2.75) is 37.1 Å². The number of ether oxygens (including phenoxy) is 2. The van der Waals surface area contributed by atoms with E-state index in [0.717, 1.165) is 11.4 Å². The van der Waals surface area contributed by atoms with Gasteiger partial charge in [0.05, 0.1) is 23.2 Å². The SMILES string of the molecule is CC1(C)O[C@@H]2[C@@H](CS[C@H]2c2cnc3c(Cl)nc(Cl)cn23)O1. The van der Waals surface area contributed by atoms with E-state index in [9.17, 15) is 0 Å². The molecule has 0 aliphatic carbocycles. The van der Waals surface area contributed by atoms with Gasteiger partial charge in [0.15, 0.2) is 16.6 Å². The van der Waals surface area contributed by atoms with Crippen molar-refractivity contribution in [2.24, 2.45) is 0 Å². The topological polar surface area (TPSA) is 48.7 Å². The summed E-state index contributed by atoms with van der Waals surface area (Å²) in [6.45, 7) is 3.89. The van der Waals surface area contributed by atoms with E-state index < -0.39 is 5.79 Å². The predicted octanol–water partition coefficient (Wildman–Crippen LogP) is 3.34. The maximum atomic E-state index is 6.10. The Kier molecular flexibility index (Phi) is 3.17. The van der Waals surface area contributed by atoms with Gasteiger partial charge in [0.25, 0.3) is 0 Å². The van der Waals surface area contributed by atoms with Crippen LogP contribution in [0.2, 0.25) is 10.3 Å². The average Bonchev–Trinajstić information content (AvgIpc) is 3.00. The lowest BCUT2D eigenvalue weighted by Crippen LogP contribution is -2.24. The molecule has 2 aromatic heterocycles. The Morgan fingerprint density at radius 2 is 2.19 bits per heavy atom. The van der Waals surface area contributed by atoms with Gasteiger partial charge in [0.2, 0.25) is 0 Å². The predicted molar refractivity (Wildman–Crippen MR) is 82.0 cm³/mol. The van der Waals surface area contributed by atoms with Crippen LogP contribution in [0.15, 0.2) is 12.4 Å². The Morgan fingerprint density at radius 1 is 1.38 bits per heavy atom. The van der Waals surface area contributed by atoms with E-state index in [-0.39, 0.29) is 17.5 Å². The Labute approximate surface area is 135 Å². The molecule has 0 amide bonds. The summed E-state index contributed by atoms with van der Waals surface area (Å²) >= 11 is 13.9. The van der Waals surface area contributed by atoms with Crippen molar-refractivity contribution in [3.8, 4) is 0 Å². The third kappa shape index (κ3) is 2.24. The first kappa shape index (κ1) is 14.1. The molecular formula is C13H13Cl2N3O2S. The van der Waals surface area contributed by atoms with Crippen molar-refractivity contribution in [3.63, 3.8) is 0 Å². The summed E-state index contributed by atoms with van der Waals surface area (Å²) < 4.78 is 13.9. The number of hydrogen-bond acceptors (Lipinski definition) is 5. The molecule has 0 spiro atoms. The van der Waals surface area contributed by atoms with Gasteiger partial charge in [-0.3, -0.25) is 4.40 Å². The fourth-order valence-corrected chi connectivity index (χ4v) is 4.82. The number of rotatable bonds is 1. The van der Waals surface area contributed by atoms with Crippen molar-refractivity contribution in [3.05, 3.63) is 28.4 Å². The molecule has 2 aromatic rings. The molecule has 8 heteroatoms. The van der Waals surface area contributed by atoms with E-state index >= 15 is 0 Å². The van der Waals surface area contributed by atoms with E-state index in [2.05, 4.69) is 9.97 Å². The monoisotopic (exact) mass is 345 g/mol. The molecule has 5 nitrogen and oxygen atoms in total. The number of aromatic nitrogens is 3. The minimum absolute atomic E-state index is 0.00983. The molecule has 0 bridgehead atoms. The van der Waals surface area contributed by atoms with Gasteiger partial charge in [0, 0.05) is 11.9 Å². The molecule has 4 rings (SSSR count). The van der Waals surface area contributed by atoms with Crippen molar-refractivity contribution < 1.29 is 9.47 Å². The second kappa shape index (κ2) is 4.73. The van der Waals surface area contributed by atoms with E-state index in [0.29, 0.717) is 16.0 Å². The van der Waals surface area contributed by atoms with Crippen LogP contribution in [0.4, 0.5) is 0 Å².